The fourth-order valence-corrected chi connectivity index (χ4v) is 3.57. The molecule has 2 heterocycles. The third-order valence-corrected chi connectivity index (χ3v) is 5.11. The molecule has 1 fully saturated rings. The molecule has 1 aliphatic carbocycles. The van der Waals surface area contributed by atoms with Gasteiger partial charge in [0.15, 0.2) is 0 Å². The molecule has 0 aliphatic heterocycles. The highest BCUT2D eigenvalue weighted by Crippen LogP contribution is 2.25. The summed E-state index contributed by atoms with van der Waals surface area (Å²) in [6.45, 7) is 2.00. The topological polar surface area (TPSA) is 55.6 Å². The maximum atomic E-state index is 5.98. The lowest BCUT2D eigenvalue weighted by atomic mass is 9.96. The van der Waals surface area contributed by atoms with Crippen LogP contribution in [0.1, 0.15) is 37.8 Å². The number of hydrogen-bond donors (Lipinski definition) is 1. The van der Waals surface area contributed by atoms with Gasteiger partial charge in [0.25, 0.3) is 0 Å². The molecule has 4 rings (SSSR count). The Kier molecular flexibility index (Phi) is 4.89. The average molecular weight is 368 g/mol. The van der Waals surface area contributed by atoms with E-state index in [9.17, 15) is 0 Å². The van der Waals surface area contributed by atoms with Gasteiger partial charge in [-0.1, -0.05) is 30.9 Å². The summed E-state index contributed by atoms with van der Waals surface area (Å²) < 4.78 is 1.86. The number of rotatable bonds is 4. The van der Waals surface area contributed by atoms with Crippen molar-refractivity contribution in [3.63, 3.8) is 0 Å². The molecule has 6 heteroatoms. The fourth-order valence-electron chi connectivity index (χ4n) is 3.45. The second-order valence-electron chi connectivity index (χ2n) is 6.79. The van der Waals surface area contributed by atoms with Gasteiger partial charge in [-0.2, -0.15) is 5.10 Å². The van der Waals surface area contributed by atoms with Crippen molar-refractivity contribution >= 4 is 17.5 Å². The molecule has 5 nitrogen and oxygen atoms in total. The Balaban J connectivity index is 1.59. The smallest absolute Gasteiger partial charge is 0.223 e. The number of hydrogen-bond acceptors (Lipinski definition) is 4. The van der Waals surface area contributed by atoms with Gasteiger partial charge < -0.3 is 5.32 Å². The highest BCUT2D eigenvalue weighted by Gasteiger charge is 2.15. The largest absolute Gasteiger partial charge is 0.351 e. The van der Waals surface area contributed by atoms with Gasteiger partial charge in [-0.3, -0.25) is 0 Å². The van der Waals surface area contributed by atoms with Gasteiger partial charge in [-0.05, 0) is 50.1 Å². The van der Waals surface area contributed by atoms with E-state index in [0.29, 0.717) is 17.0 Å². The second kappa shape index (κ2) is 7.46. The van der Waals surface area contributed by atoms with E-state index >= 15 is 0 Å². The normalized spacial score (nSPS) is 15.2. The lowest BCUT2D eigenvalue weighted by molar-refractivity contribution is 0.461. The molecular weight excluding hydrogens is 346 g/mol. The Labute approximate surface area is 158 Å². The molecule has 0 radical (unpaired) electrons. The summed E-state index contributed by atoms with van der Waals surface area (Å²) in [4.78, 5) is 9.12. The Bertz CT molecular complexity index is 881. The minimum atomic E-state index is 0.483. The average Bonchev–Trinajstić information content (AvgIpc) is 3.05. The third-order valence-electron chi connectivity index (χ3n) is 4.86. The number of aryl methyl sites for hydroxylation is 1. The molecular formula is C20H22ClN5. The number of aromatic nitrogens is 4. The number of halogens is 1. The van der Waals surface area contributed by atoms with E-state index in [1.54, 1.807) is 0 Å². The maximum absolute atomic E-state index is 5.98. The van der Waals surface area contributed by atoms with Crippen molar-refractivity contribution in [1.82, 2.24) is 19.7 Å². The molecule has 0 atom stereocenters. The van der Waals surface area contributed by atoms with Crippen LogP contribution in [0.25, 0.3) is 16.9 Å². The Morgan fingerprint density at radius 1 is 1.08 bits per heavy atom. The zero-order valence-electron chi connectivity index (χ0n) is 14.8. The number of benzene rings is 1. The molecule has 1 saturated carbocycles. The van der Waals surface area contributed by atoms with Crippen molar-refractivity contribution in [2.75, 3.05) is 5.32 Å². The zero-order chi connectivity index (χ0) is 17.9. The zero-order valence-corrected chi connectivity index (χ0v) is 15.6. The molecule has 0 saturated heterocycles. The standard InChI is InChI=1S/C20H22ClN5/c1-14-18(13-26(25-14)17-9-7-15(21)8-10-17)19-11-12-22-20(24-19)23-16-5-3-2-4-6-16/h7-13,16H,2-6H2,1H3,(H,22,23,24). The lowest BCUT2D eigenvalue weighted by Crippen LogP contribution is -2.23. The predicted octanol–water partition coefficient (Wildman–Crippen LogP) is 5.04. The number of nitrogens with one attached hydrogen (secondary N) is 1. The van der Waals surface area contributed by atoms with Gasteiger partial charge in [0.2, 0.25) is 5.95 Å². The summed E-state index contributed by atoms with van der Waals surface area (Å²) in [5.74, 6) is 0.702. The third kappa shape index (κ3) is 3.73. The van der Waals surface area contributed by atoms with Crippen molar-refractivity contribution in [3.8, 4) is 16.9 Å². The lowest BCUT2D eigenvalue weighted by Gasteiger charge is -2.22. The Morgan fingerprint density at radius 2 is 1.85 bits per heavy atom. The first-order chi connectivity index (χ1) is 12.7. The minimum Gasteiger partial charge on any atom is -0.351 e. The summed E-state index contributed by atoms with van der Waals surface area (Å²) in [7, 11) is 0. The van der Waals surface area contributed by atoms with E-state index in [-0.39, 0.29) is 0 Å². The molecule has 0 amide bonds. The van der Waals surface area contributed by atoms with Crippen molar-refractivity contribution in [2.24, 2.45) is 0 Å². The van der Waals surface area contributed by atoms with E-state index < -0.39 is 0 Å². The molecule has 0 bridgehead atoms. The van der Waals surface area contributed by atoms with Crippen molar-refractivity contribution in [2.45, 2.75) is 45.1 Å². The van der Waals surface area contributed by atoms with Gasteiger partial charge in [-0.15, -0.1) is 0 Å². The Hall–Kier alpha value is -2.40. The first-order valence-corrected chi connectivity index (χ1v) is 9.49. The van der Waals surface area contributed by atoms with Crippen LogP contribution in [0.4, 0.5) is 5.95 Å². The highest BCUT2D eigenvalue weighted by molar-refractivity contribution is 6.30. The van der Waals surface area contributed by atoms with E-state index in [1.807, 2.05) is 54.3 Å². The van der Waals surface area contributed by atoms with E-state index in [0.717, 1.165) is 22.6 Å². The van der Waals surface area contributed by atoms with Crippen LogP contribution in [0.15, 0.2) is 42.7 Å². The SMILES string of the molecule is Cc1nn(-c2ccc(Cl)cc2)cc1-c1ccnc(NC2CCCCC2)n1. The quantitative estimate of drug-likeness (QED) is 0.702. The second-order valence-corrected chi connectivity index (χ2v) is 7.23. The van der Waals surface area contributed by atoms with Crippen LogP contribution in [0.2, 0.25) is 5.02 Å². The molecule has 0 unspecified atom stereocenters. The molecule has 0 spiro atoms. The molecule has 1 N–H and O–H groups in total. The van der Waals surface area contributed by atoms with Crippen LogP contribution in [0.3, 0.4) is 0 Å². The van der Waals surface area contributed by atoms with Crippen LogP contribution in [0.5, 0.6) is 0 Å². The van der Waals surface area contributed by atoms with E-state index in [4.69, 9.17) is 16.6 Å². The van der Waals surface area contributed by atoms with Crippen molar-refractivity contribution in [3.05, 3.63) is 53.4 Å². The summed E-state index contributed by atoms with van der Waals surface area (Å²) in [5.41, 5.74) is 3.80. The summed E-state index contributed by atoms with van der Waals surface area (Å²) >= 11 is 5.98. The van der Waals surface area contributed by atoms with Gasteiger partial charge in [0.05, 0.1) is 17.1 Å². The maximum Gasteiger partial charge on any atom is 0.223 e. The molecule has 3 aromatic rings. The van der Waals surface area contributed by atoms with Crippen LogP contribution >= 0.6 is 11.6 Å². The first-order valence-electron chi connectivity index (χ1n) is 9.11. The van der Waals surface area contributed by atoms with E-state index in [1.165, 1.54) is 32.1 Å². The summed E-state index contributed by atoms with van der Waals surface area (Å²) in [6, 6.07) is 10.1. The molecule has 26 heavy (non-hydrogen) atoms. The van der Waals surface area contributed by atoms with Gasteiger partial charge in [0, 0.05) is 29.0 Å². The number of nitrogens with zero attached hydrogens (tertiary/aromatic N) is 4. The number of anilines is 1. The van der Waals surface area contributed by atoms with Crippen LogP contribution in [0, 0.1) is 6.92 Å². The highest BCUT2D eigenvalue weighted by atomic mass is 35.5. The van der Waals surface area contributed by atoms with E-state index in [2.05, 4.69) is 15.4 Å². The molecule has 2 aromatic heterocycles. The van der Waals surface area contributed by atoms with Gasteiger partial charge in [0.1, 0.15) is 0 Å². The van der Waals surface area contributed by atoms with Crippen molar-refractivity contribution < 1.29 is 0 Å². The summed E-state index contributed by atoms with van der Waals surface area (Å²) in [6.07, 6.45) is 10.1. The van der Waals surface area contributed by atoms with Crippen LogP contribution in [-0.2, 0) is 0 Å². The van der Waals surface area contributed by atoms with Gasteiger partial charge in [-0.25, -0.2) is 14.6 Å². The fraction of sp³-hybridized carbons (Fsp3) is 0.350. The molecule has 134 valence electrons. The van der Waals surface area contributed by atoms with Crippen LogP contribution in [-0.4, -0.2) is 25.8 Å². The Morgan fingerprint density at radius 3 is 2.62 bits per heavy atom. The predicted molar refractivity (Wildman–Crippen MR) is 105 cm³/mol. The minimum absolute atomic E-state index is 0.483. The first kappa shape index (κ1) is 17.0. The van der Waals surface area contributed by atoms with Crippen LogP contribution < -0.4 is 5.32 Å². The van der Waals surface area contributed by atoms with Crippen molar-refractivity contribution in [1.29, 1.82) is 0 Å². The summed E-state index contributed by atoms with van der Waals surface area (Å²) in [5, 5.41) is 8.83. The molecule has 1 aromatic carbocycles. The molecule has 1 aliphatic rings. The van der Waals surface area contributed by atoms with Gasteiger partial charge >= 0.3 is 0 Å². The monoisotopic (exact) mass is 367 g/mol.